The minimum Gasteiger partial charge on any atom is -0.481 e. The number of methoxy groups -OCH3 is 1. The average Bonchev–Trinajstić information content (AvgIpc) is 2.49. The van der Waals surface area contributed by atoms with Crippen molar-refractivity contribution in [3.63, 3.8) is 0 Å². The minimum atomic E-state index is -0.710. The van der Waals surface area contributed by atoms with Crippen LogP contribution in [0.3, 0.4) is 0 Å². The molecule has 0 radical (unpaired) electrons. The van der Waals surface area contributed by atoms with Crippen LogP contribution in [0.4, 0.5) is 5.69 Å². The number of nitrogens with one attached hydrogen (secondary N) is 1. The molecule has 0 aliphatic heterocycles. The van der Waals surface area contributed by atoms with Crippen LogP contribution in [0.15, 0.2) is 12.1 Å². The lowest BCUT2D eigenvalue weighted by Gasteiger charge is -2.38. The summed E-state index contributed by atoms with van der Waals surface area (Å²) in [4.78, 5) is 17.1. The molecule has 1 aromatic heterocycles. The van der Waals surface area contributed by atoms with Gasteiger partial charge in [0.1, 0.15) is 5.60 Å². The Kier molecular flexibility index (Phi) is 5.40. The molecule has 1 fully saturated rings. The second-order valence-electron chi connectivity index (χ2n) is 6.07. The number of hydrogen-bond donors (Lipinski definition) is 1. The van der Waals surface area contributed by atoms with E-state index in [4.69, 9.17) is 9.47 Å². The SMILES string of the molecule is CCO[C@]1(C(=O)Nc2ccc(OC)nc2C)CCC[C@@H](C)C1. The van der Waals surface area contributed by atoms with Gasteiger partial charge < -0.3 is 14.8 Å². The third kappa shape index (κ3) is 3.58. The number of carbonyl (C=O) groups is 1. The van der Waals surface area contributed by atoms with E-state index in [-0.39, 0.29) is 5.91 Å². The molecular formula is C17H26N2O3. The van der Waals surface area contributed by atoms with Crippen molar-refractivity contribution in [2.75, 3.05) is 19.0 Å². The van der Waals surface area contributed by atoms with Crippen molar-refractivity contribution in [3.05, 3.63) is 17.8 Å². The molecule has 1 aliphatic carbocycles. The Bertz CT molecular complexity index is 529. The van der Waals surface area contributed by atoms with Crippen LogP contribution in [0.5, 0.6) is 5.88 Å². The predicted octanol–water partition coefficient (Wildman–Crippen LogP) is 3.32. The maximum absolute atomic E-state index is 12.8. The zero-order chi connectivity index (χ0) is 16.2. The molecule has 0 saturated heterocycles. The molecular weight excluding hydrogens is 280 g/mol. The summed E-state index contributed by atoms with van der Waals surface area (Å²) in [5.41, 5.74) is 0.741. The van der Waals surface area contributed by atoms with E-state index in [1.807, 2.05) is 19.9 Å². The first kappa shape index (κ1) is 16.7. The molecule has 1 heterocycles. The van der Waals surface area contributed by atoms with Crippen molar-refractivity contribution < 1.29 is 14.3 Å². The fraction of sp³-hybridized carbons (Fsp3) is 0.647. The van der Waals surface area contributed by atoms with E-state index in [9.17, 15) is 4.79 Å². The molecule has 5 heteroatoms. The Balaban J connectivity index is 2.18. The molecule has 1 saturated carbocycles. The summed E-state index contributed by atoms with van der Waals surface area (Å²) in [6.07, 6.45) is 3.73. The van der Waals surface area contributed by atoms with Gasteiger partial charge in [-0.05, 0) is 45.1 Å². The highest BCUT2D eigenvalue weighted by Gasteiger charge is 2.42. The van der Waals surface area contributed by atoms with Crippen LogP contribution >= 0.6 is 0 Å². The number of aryl methyl sites for hydroxylation is 1. The monoisotopic (exact) mass is 306 g/mol. The average molecular weight is 306 g/mol. The van der Waals surface area contributed by atoms with Gasteiger partial charge in [0.25, 0.3) is 5.91 Å². The van der Waals surface area contributed by atoms with Gasteiger partial charge in [-0.15, -0.1) is 0 Å². The van der Waals surface area contributed by atoms with Crippen LogP contribution in [0, 0.1) is 12.8 Å². The van der Waals surface area contributed by atoms with Gasteiger partial charge in [-0.3, -0.25) is 4.79 Å². The molecule has 122 valence electrons. The summed E-state index contributed by atoms with van der Waals surface area (Å²) < 4.78 is 11.0. The van der Waals surface area contributed by atoms with Gasteiger partial charge in [-0.25, -0.2) is 4.98 Å². The standard InChI is InChI=1S/C17H26N2O3/c1-5-22-17(10-6-7-12(2)11-17)16(20)19-14-8-9-15(21-4)18-13(14)3/h8-9,12H,5-7,10-11H2,1-4H3,(H,19,20)/t12-,17-/m1/s1. The van der Waals surface area contributed by atoms with Gasteiger partial charge >= 0.3 is 0 Å². The van der Waals surface area contributed by atoms with Gasteiger partial charge in [-0.2, -0.15) is 0 Å². The molecule has 1 amide bonds. The number of hydrogen-bond acceptors (Lipinski definition) is 4. The van der Waals surface area contributed by atoms with Crippen molar-refractivity contribution in [3.8, 4) is 5.88 Å². The third-order valence-corrected chi connectivity index (χ3v) is 4.31. The van der Waals surface area contributed by atoms with Gasteiger partial charge in [0.2, 0.25) is 5.88 Å². The van der Waals surface area contributed by atoms with Crippen molar-refractivity contribution >= 4 is 11.6 Å². The third-order valence-electron chi connectivity index (χ3n) is 4.31. The quantitative estimate of drug-likeness (QED) is 0.906. The van der Waals surface area contributed by atoms with Crippen LogP contribution in [-0.4, -0.2) is 30.2 Å². The smallest absolute Gasteiger partial charge is 0.256 e. The molecule has 2 rings (SSSR count). The number of amides is 1. The van der Waals surface area contributed by atoms with Gasteiger partial charge in [-0.1, -0.05) is 13.3 Å². The van der Waals surface area contributed by atoms with Gasteiger partial charge in [0, 0.05) is 12.7 Å². The number of rotatable bonds is 5. The minimum absolute atomic E-state index is 0.0593. The Morgan fingerprint density at radius 1 is 1.50 bits per heavy atom. The summed E-state index contributed by atoms with van der Waals surface area (Å²) in [5, 5.41) is 3.00. The first-order chi connectivity index (χ1) is 10.5. The largest absolute Gasteiger partial charge is 0.481 e. The van der Waals surface area contributed by atoms with Crippen LogP contribution in [0.25, 0.3) is 0 Å². The second-order valence-corrected chi connectivity index (χ2v) is 6.07. The number of anilines is 1. The summed E-state index contributed by atoms with van der Waals surface area (Å²) in [5.74, 6) is 0.985. The Labute approximate surface area is 132 Å². The van der Waals surface area contributed by atoms with Crippen molar-refractivity contribution in [2.45, 2.75) is 52.1 Å². The summed E-state index contributed by atoms with van der Waals surface area (Å²) in [6, 6.07) is 3.57. The molecule has 1 aromatic rings. The van der Waals surface area contributed by atoms with Crippen molar-refractivity contribution in [1.29, 1.82) is 0 Å². The molecule has 1 aliphatic rings. The molecule has 0 bridgehead atoms. The fourth-order valence-electron chi connectivity index (χ4n) is 3.20. The zero-order valence-corrected chi connectivity index (χ0v) is 13.9. The summed E-state index contributed by atoms with van der Waals surface area (Å²) >= 11 is 0. The second kappa shape index (κ2) is 7.09. The first-order valence-corrected chi connectivity index (χ1v) is 7.98. The van der Waals surface area contributed by atoms with E-state index < -0.39 is 5.60 Å². The Morgan fingerprint density at radius 2 is 2.27 bits per heavy atom. The number of ether oxygens (including phenoxy) is 2. The summed E-state index contributed by atoms with van der Waals surface area (Å²) in [6.45, 7) is 6.52. The Hall–Kier alpha value is -1.62. The normalized spacial score (nSPS) is 24.8. The molecule has 1 N–H and O–H groups in total. The molecule has 2 atom stereocenters. The van der Waals surface area contributed by atoms with Crippen molar-refractivity contribution in [2.24, 2.45) is 5.92 Å². The first-order valence-electron chi connectivity index (χ1n) is 7.98. The number of nitrogens with zero attached hydrogens (tertiary/aromatic N) is 1. The lowest BCUT2D eigenvalue weighted by atomic mass is 9.78. The number of carbonyl (C=O) groups excluding carboxylic acids is 1. The molecule has 0 aromatic carbocycles. The lowest BCUT2D eigenvalue weighted by Crippen LogP contribution is -2.48. The van der Waals surface area contributed by atoms with Crippen LogP contribution in [0.2, 0.25) is 0 Å². The summed E-state index contributed by atoms with van der Waals surface area (Å²) in [7, 11) is 1.58. The van der Waals surface area contributed by atoms with E-state index in [2.05, 4.69) is 17.2 Å². The molecule has 22 heavy (non-hydrogen) atoms. The van der Waals surface area contributed by atoms with E-state index in [0.29, 0.717) is 24.1 Å². The maximum Gasteiger partial charge on any atom is 0.256 e. The van der Waals surface area contributed by atoms with Gasteiger partial charge in [0.15, 0.2) is 0 Å². The topological polar surface area (TPSA) is 60.5 Å². The van der Waals surface area contributed by atoms with Crippen molar-refractivity contribution in [1.82, 2.24) is 4.98 Å². The van der Waals surface area contributed by atoms with E-state index in [1.54, 1.807) is 13.2 Å². The molecule has 5 nitrogen and oxygen atoms in total. The number of pyridine rings is 1. The maximum atomic E-state index is 12.8. The zero-order valence-electron chi connectivity index (χ0n) is 13.9. The molecule has 0 spiro atoms. The van der Waals surface area contributed by atoms with Crippen LogP contribution in [-0.2, 0) is 9.53 Å². The predicted molar refractivity (Wildman–Crippen MR) is 86.1 cm³/mol. The molecule has 0 unspecified atom stereocenters. The fourth-order valence-corrected chi connectivity index (χ4v) is 3.20. The van der Waals surface area contributed by atoms with Gasteiger partial charge in [0.05, 0.1) is 18.5 Å². The van der Waals surface area contributed by atoms with Crippen LogP contribution < -0.4 is 10.1 Å². The number of aromatic nitrogens is 1. The highest BCUT2D eigenvalue weighted by atomic mass is 16.5. The highest BCUT2D eigenvalue weighted by molar-refractivity contribution is 5.97. The van der Waals surface area contributed by atoms with E-state index in [0.717, 1.165) is 31.4 Å². The highest BCUT2D eigenvalue weighted by Crippen LogP contribution is 2.36. The van der Waals surface area contributed by atoms with E-state index in [1.165, 1.54) is 0 Å². The van der Waals surface area contributed by atoms with Crippen LogP contribution in [0.1, 0.15) is 45.2 Å². The Morgan fingerprint density at radius 3 is 2.86 bits per heavy atom. The lowest BCUT2D eigenvalue weighted by molar-refractivity contribution is -0.147. The van der Waals surface area contributed by atoms with E-state index >= 15 is 0 Å².